The van der Waals surface area contributed by atoms with Crippen LogP contribution >= 0.6 is 0 Å². The predicted octanol–water partition coefficient (Wildman–Crippen LogP) is 2.14. The van der Waals surface area contributed by atoms with E-state index in [4.69, 9.17) is 5.73 Å². The molecule has 0 aliphatic rings. The van der Waals surface area contributed by atoms with Crippen LogP contribution in [-0.4, -0.2) is 22.5 Å². The molecule has 0 bridgehead atoms. The maximum atomic E-state index is 12.2. The number of nitrogens with one attached hydrogen (secondary N) is 2. The number of aromatic nitrogens is 2. The molecule has 9 heteroatoms. The first-order valence-corrected chi connectivity index (χ1v) is 5.32. The average Bonchev–Trinajstić information content (AvgIpc) is 2.77. The molecule has 0 saturated carbocycles. The Morgan fingerprint density at radius 3 is 2.65 bits per heavy atom. The highest BCUT2D eigenvalue weighted by Crippen LogP contribution is 2.30. The molecule has 0 spiro atoms. The van der Waals surface area contributed by atoms with E-state index in [0.717, 1.165) is 6.07 Å². The smallest absolute Gasteiger partial charge is 0.404 e. The van der Waals surface area contributed by atoms with E-state index in [1.54, 1.807) is 0 Å². The predicted molar refractivity (Wildman–Crippen MR) is 64.1 cm³/mol. The van der Waals surface area contributed by atoms with Crippen molar-refractivity contribution in [2.45, 2.75) is 6.36 Å². The molecule has 0 atom stereocenters. The Bertz CT molecular complexity index is 624. The summed E-state index contributed by atoms with van der Waals surface area (Å²) >= 11 is 0. The van der Waals surface area contributed by atoms with Gasteiger partial charge >= 0.3 is 6.36 Å². The Kier molecular flexibility index (Phi) is 3.51. The van der Waals surface area contributed by atoms with Gasteiger partial charge in [-0.1, -0.05) is 12.1 Å². The van der Waals surface area contributed by atoms with Gasteiger partial charge in [-0.15, -0.1) is 13.2 Å². The number of ether oxygens (including phenoxy) is 1. The quantitative estimate of drug-likeness (QED) is 0.806. The summed E-state index contributed by atoms with van der Waals surface area (Å²) in [7, 11) is 0. The Morgan fingerprint density at radius 2 is 2.05 bits per heavy atom. The van der Waals surface area contributed by atoms with Gasteiger partial charge in [0.1, 0.15) is 11.5 Å². The lowest BCUT2D eigenvalue weighted by Crippen LogP contribution is -2.19. The molecular formula is C11H9F3N4O2. The van der Waals surface area contributed by atoms with Crippen molar-refractivity contribution in [2.24, 2.45) is 0 Å². The number of aromatic amines is 1. The lowest BCUT2D eigenvalue weighted by Gasteiger charge is -2.13. The lowest BCUT2D eigenvalue weighted by molar-refractivity contribution is -0.274. The van der Waals surface area contributed by atoms with Crippen molar-refractivity contribution in [3.63, 3.8) is 0 Å². The van der Waals surface area contributed by atoms with E-state index in [2.05, 4.69) is 20.3 Å². The highest BCUT2D eigenvalue weighted by molar-refractivity contribution is 6.04. The van der Waals surface area contributed by atoms with Gasteiger partial charge in [0.15, 0.2) is 5.75 Å². The van der Waals surface area contributed by atoms with Gasteiger partial charge < -0.3 is 15.8 Å². The Labute approximate surface area is 110 Å². The van der Waals surface area contributed by atoms with E-state index in [0.29, 0.717) is 0 Å². The molecule has 20 heavy (non-hydrogen) atoms. The lowest BCUT2D eigenvalue weighted by atomic mass is 10.3. The number of alkyl halides is 3. The molecule has 0 aliphatic carbocycles. The van der Waals surface area contributed by atoms with Crippen molar-refractivity contribution >= 4 is 17.4 Å². The van der Waals surface area contributed by atoms with Crippen LogP contribution in [-0.2, 0) is 0 Å². The third-order valence-electron chi connectivity index (χ3n) is 2.20. The SMILES string of the molecule is Nc1cc(C(=O)Nc2ccccc2OC(F)(F)F)[nH]n1. The van der Waals surface area contributed by atoms with E-state index in [9.17, 15) is 18.0 Å². The summed E-state index contributed by atoms with van der Waals surface area (Å²) in [4.78, 5) is 11.8. The first kappa shape index (κ1) is 13.7. The van der Waals surface area contributed by atoms with Gasteiger partial charge in [0, 0.05) is 6.07 Å². The van der Waals surface area contributed by atoms with Crippen LogP contribution in [0.15, 0.2) is 30.3 Å². The van der Waals surface area contributed by atoms with Crippen LogP contribution in [0.1, 0.15) is 10.5 Å². The van der Waals surface area contributed by atoms with Gasteiger partial charge in [-0.25, -0.2) is 0 Å². The fourth-order valence-electron chi connectivity index (χ4n) is 1.43. The second kappa shape index (κ2) is 5.11. The highest BCUT2D eigenvalue weighted by Gasteiger charge is 2.32. The summed E-state index contributed by atoms with van der Waals surface area (Å²) < 4.78 is 40.5. The first-order chi connectivity index (χ1) is 9.35. The van der Waals surface area contributed by atoms with E-state index in [-0.39, 0.29) is 17.2 Å². The zero-order valence-electron chi connectivity index (χ0n) is 9.86. The Morgan fingerprint density at radius 1 is 1.35 bits per heavy atom. The van der Waals surface area contributed by atoms with Gasteiger partial charge in [-0.05, 0) is 12.1 Å². The molecule has 2 rings (SSSR count). The van der Waals surface area contributed by atoms with E-state index >= 15 is 0 Å². The number of amides is 1. The number of halogens is 3. The van der Waals surface area contributed by atoms with Gasteiger partial charge in [-0.3, -0.25) is 9.89 Å². The van der Waals surface area contributed by atoms with Gasteiger partial charge in [0.05, 0.1) is 5.69 Å². The molecule has 1 heterocycles. The zero-order valence-corrected chi connectivity index (χ0v) is 9.86. The number of rotatable bonds is 3. The number of carbonyl (C=O) groups excluding carboxylic acids is 1. The number of nitrogen functional groups attached to an aromatic ring is 1. The summed E-state index contributed by atoms with van der Waals surface area (Å²) in [5.74, 6) is -1.11. The van der Waals surface area contributed by atoms with Crippen molar-refractivity contribution in [2.75, 3.05) is 11.1 Å². The van der Waals surface area contributed by atoms with Crippen molar-refractivity contribution < 1.29 is 22.7 Å². The molecule has 0 saturated heterocycles. The molecule has 2 aromatic rings. The van der Waals surface area contributed by atoms with E-state index < -0.39 is 18.0 Å². The van der Waals surface area contributed by atoms with Crippen LogP contribution in [0, 0.1) is 0 Å². The molecule has 1 aromatic heterocycles. The fraction of sp³-hybridized carbons (Fsp3) is 0.0909. The first-order valence-electron chi connectivity index (χ1n) is 5.32. The minimum Gasteiger partial charge on any atom is -0.404 e. The third-order valence-corrected chi connectivity index (χ3v) is 2.20. The number of hydrogen-bond donors (Lipinski definition) is 3. The van der Waals surface area contributed by atoms with Crippen LogP contribution in [0.3, 0.4) is 0 Å². The molecule has 0 unspecified atom stereocenters. The molecule has 1 amide bonds. The number of benzene rings is 1. The molecule has 0 fully saturated rings. The molecule has 106 valence electrons. The van der Waals surface area contributed by atoms with Crippen molar-refractivity contribution in [3.8, 4) is 5.75 Å². The van der Waals surface area contributed by atoms with Crippen molar-refractivity contribution in [3.05, 3.63) is 36.0 Å². The molecule has 0 radical (unpaired) electrons. The summed E-state index contributed by atoms with van der Waals surface area (Å²) in [5, 5.41) is 8.16. The minimum absolute atomic E-state index is 0.0179. The summed E-state index contributed by atoms with van der Waals surface area (Å²) in [6, 6.07) is 6.43. The van der Waals surface area contributed by atoms with Crippen LogP contribution in [0.5, 0.6) is 5.75 Å². The molecule has 1 aromatic carbocycles. The van der Waals surface area contributed by atoms with E-state index in [1.165, 1.54) is 24.3 Å². The normalized spacial score (nSPS) is 11.2. The van der Waals surface area contributed by atoms with Crippen LogP contribution in [0.2, 0.25) is 0 Å². The number of para-hydroxylation sites is 2. The minimum atomic E-state index is -4.85. The highest BCUT2D eigenvalue weighted by atomic mass is 19.4. The number of carbonyl (C=O) groups is 1. The summed E-state index contributed by atoms with van der Waals surface area (Å²) in [6.07, 6.45) is -4.85. The van der Waals surface area contributed by atoms with Crippen molar-refractivity contribution in [1.82, 2.24) is 10.2 Å². The van der Waals surface area contributed by atoms with Crippen molar-refractivity contribution in [1.29, 1.82) is 0 Å². The summed E-state index contributed by atoms with van der Waals surface area (Å²) in [5.41, 5.74) is 5.22. The fourth-order valence-corrected chi connectivity index (χ4v) is 1.43. The monoisotopic (exact) mass is 286 g/mol. The number of H-pyrrole nitrogens is 1. The molecule has 0 aliphatic heterocycles. The van der Waals surface area contributed by atoms with Crippen LogP contribution in [0.4, 0.5) is 24.7 Å². The Balaban J connectivity index is 2.19. The Hall–Kier alpha value is -2.71. The molecule has 6 nitrogen and oxygen atoms in total. The van der Waals surface area contributed by atoms with E-state index in [1.807, 2.05) is 0 Å². The maximum absolute atomic E-state index is 12.2. The van der Waals surface area contributed by atoms with Crippen LogP contribution in [0.25, 0.3) is 0 Å². The largest absolute Gasteiger partial charge is 0.573 e. The second-order valence-corrected chi connectivity index (χ2v) is 3.70. The molecule has 4 N–H and O–H groups in total. The number of nitrogens with two attached hydrogens (primary N) is 1. The standard InChI is InChI=1S/C11H9F3N4O2/c12-11(13,14)20-8-4-2-1-3-6(8)16-10(19)7-5-9(15)18-17-7/h1-5H,(H,16,19)(H3,15,17,18). The van der Waals surface area contributed by atoms with Crippen LogP contribution < -0.4 is 15.8 Å². The summed E-state index contributed by atoms with van der Waals surface area (Å²) in [6.45, 7) is 0. The van der Waals surface area contributed by atoms with Gasteiger partial charge in [-0.2, -0.15) is 5.10 Å². The number of anilines is 2. The van der Waals surface area contributed by atoms with Gasteiger partial charge in [0.2, 0.25) is 0 Å². The molecular weight excluding hydrogens is 277 g/mol. The number of hydrogen-bond acceptors (Lipinski definition) is 4. The van der Waals surface area contributed by atoms with Gasteiger partial charge in [0.25, 0.3) is 5.91 Å². The maximum Gasteiger partial charge on any atom is 0.573 e. The second-order valence-electron chi connectivity index (χ2n) is 3.70. The zero-order chi connectivity index (χ0) is 14.8. The topological polar surface area (TPSA) is 93.0 Å². The number of nitrogens with zero attached hydrogens (tertiary/aromatic N) is 1. The third kappa shape index (κ3) is 3.40. The average molecular weight is 286 g/mol.